The van der Waals surface area contributed by atoms with Gasteiger partial charge >= 0.3 is 5.97 Å². The molecule has 0 radical (unpaired) electrons. The molecule has 2 N–H and O–H groups in total. The summed E-state index contributed by atoms with van der Waals surface area (Å²) in [6, 6.07) is 5.15. The van der Waals surface area contributed by atoms with Gasteiger partial charge in [-0.2, -0.15) is 0 Å². The van der Waals surface area contributed by atoms with E-state index in [4.69, 9.17) is 9.52 Å². The maximum absolute atomic E-state index is 14.0. The van der Waals surface area contributed by atoms with Gasteiger partial charge in [0.15, 0.2) is 0 Å². The van der Waals surface area contributed by atoms with Gasteiger partial charge in [-0.15, -0.1) is 0 Å². The van der Waals surface area contributed by atoms with Gasteiger partial charge < -0.3 is 19.7 Å². The van der Waals surface area contributed by atoms with E-state index >= 15 is 0 Å². The number of furan rings is 1. The number of carboxylic acid groups (broad SMARTS) is 1. The smallest absolute Gasteiger partial charge is 0.311 e. The molecule has 1 aromatic carbocycles. The maximum atomic E-state index is 14.0. The SMILES string of the molecule is Cc1coc(CC(=O)O)c1C(=O)NC1CCCN(c2ccccc2F)C1=O. The van der Waals surface area contributed by atoms with Gasteiger partial charge in [0, 0.05) is 12.1 Å². The van der Waals surface area contributed by atoms with Crippen LogP contribution in [0.5, 0.6) is 0 Å². The third-order valence-electron chi connectivity index (χ3n) is 4.48. The molecule has 1 aromatic heterocycles. The summed E-state index contributed by atoms with van der Waals surface area (Å²) in [6.07, 6.45) is 1.89. The van der Waals surface area contributed by atoms with E-state index < -0.39 is 36.1 Å². The molecule has 2 aromatic rings. The lowest BCUT2D eigenvalue weighted by Gasteiger charge is -2.32. The number of nitrogens with zero attached hydrogens (tertiary/aromatic N) is 1. The number of aliphatic carboxylic acids is 1. The molecular formula is C19H19FN2O5. The highest BCUT2D eigenvalue weighted by Crippen LogP contribution is 2.25. The molecule has 1 fully saturated rings. The van der Waals surface area contributed by atoms with Gasteiger partial charge in [-0.3, -0.25) is 14.4 Å². The number of aryl methyl sites for hydroxylation is 1. The predicted octanol–water partition coefficient (Wildman–Crippen LogP) is 2.28. The first-order valence-electron chi connectivity index (χ1n) is 8.54. The Balaban J connectivity index is 1.79. The van der Waals surface area contributed by atoms with E-state index in [1.54, 1.807) is 13.0 Å². The fourth-order valence-electron chi connectivity index (χ4n) is 3.22. The van der Waals surface area contributed by atoms with Crippen molar-refractivity contribution in [1.29, 1.82) is 0 Å². The first-order valence-corrected chi connectivity index (χ1v) is 8.54. The van der Waals surface area contributed by atoms with Crippen LogP contribution < -0.4 is 10.2 Å². The number of halogens is 1. The van der Waals surface area contributed by atoms with E-state index in [2.05, 4.69) is 5.32 Å². The summed E-state index contributed by atoms with van der Waals surface area (Å²) in [6.45, 7) is 1.99. The summed E-state index contributed by atoms with van der Waals surface area (Å²) in [5, 5.41) is 11.6. The van der Waals surface area contributed by atoms with Crippen molar-refractivity contribution in [2.24, 2.45) is 0 Å². The Kier molecular flexibility index (Phi) is 5.25. The molecule has 2 amide bonds. The molecule has 1 atom stereocenters. The second-order valence-corrected chi connectivity index (χ2v) is 6.40. The zero-order chi connectivity index (χ0) is 19.6. The fraction of sp³-hybridized carbons (Fsp3) is 0.316. The molecule has 1 aliphatic heterocycles. The molecule has 0 bridgehead atoms. The van der Waals surface area contributed by atoms with Crippen LogP contribution in [0.25, 0.3) is 0 Å². The predicted molar refractivity (Wildman–Crippen MR) is 94.0 cm³/mol. The molecule has 7 nitrogen and oxygen atoms in total. The van der Waals surface area contributed by atoms with E-state index in [-0.39, 0.29) is 17.0 Å². The number of nitrogens with one attached hydrogen (secondary N) is 1. The van der Waals surface area contributed by atoms with Gasteiger partial charge in [0.2, 0.25) is 5.91 Å². The highest BCUT2D eigenvalue weighted by molar-refractivity contribution is 6.04. The zero-order valence-corrected chi connectivity index (χ0v) is 14.7. The van der Waals surface area contributed by atoms with Crippen LogP contribution in [0.15, 0.2) is 34.9 Å². The van der Waals surface area contributed by atoms with Crippen molar-refractivity contribution < 1.29 is 28.3 Å². The molecule has 1 saturated heterocycles. The fourth-order valence-corrected chi connectivity index (χ4v) is 3.22. The number of carbonyl (C=O) groups excluding carboxylic acids is 2. The number of hydrogen-bond donors (Lipinski definition) is 2. The van der Waals surface area contributed by atoms with Crippen molar-refractivity contribution in [3.8, 4) is 0 Å². The molecule has 27 heavy (non-hydrogen) atoms. The Labute approximate surface area is 154 Å². The first kappa shape index (κ1) is 18.6. The number of carbonyl (C=O) groups is 3. The van der Waals surface area contributed by atoms with Crippen molar-refractivity contribution in [1.82, 2.24) is 5.32 Å². The number of anilines is 1. The van der Waals surface area contributed by atoms with Crippen LogP contribution in [-0.4, -0.2) is 35.5 Å². The van der Waals surface area contributed by atoms with Gasteiger partial charge in [0.25, 0.3) is 5.91 Å². The topological polar surface area (TPSA) is 99.8 Å². The van der Waals surface area contributed by atoms with Crippen LogP contribution >= 0.6 is 0 Å². The number of carboxylic acids is 1. The van der Waals surface area contributed by atoms with Crippen LogP contribution in [0.2, 0.25) is 0 Å². The number of benzene rings is 1. The summed E-state index contributed by atoms with van der Waals surface area (Å²) < 4.78 is 19.2. The van der Waals surface area contributed by atoms with Crippen LogP contribution in [0.1, 0.15) is 34.5 Å². The van der Waals surface area contributed by atoms with Crippen LogP contribution in [-0.2, 0) is 16.0 Å². The van der Waals surface area contributed by atoms with Crippen molar-refractivity contribution in [2.75, 3.05) is 11.4 Å². The highest BCUT2D eigenvalue weighted by atomic mass is 19.1. The van der Waals surface area contributed by atoms with E-state index in [9.17, 15) is 18.8 Å². The minimum Gasteiger partial charge on any atom is -0.481 e. The summed E-state index contributed by atoms with van der Waals surface area (Å²) in [5.41, 5.74) is 0.777. The molecule has 8 heteroatoms. The Morgan fingerprint density at radius 2 is 2.11 bits per heavy atom. The van der Waals surface area contributed by atoms with Crippen molar-refractivity contribution >= 4 is 23.5 Å². The van der Waals surface area contributed by atoms with Gasteiger partial charge in [0.05, 0.1) is 17.5 Å². The van der Waals surface area contributed by atoms with Crippen molar-refractivity contribution in [3.05, 3.63) is 53.2 Å². The number of hydrogen-bond acceptors (Lipinski definition) is 4. The third-order valence-corrected chi connectivity index (χ3v) is 4.48. The minimum atomic E-state index is -1.13. The summed E-state index contributed by atoms with van der Waals surface area (Å²) in [4.78, 5) is 37.7. The Morgan fingerprint density at radius 3 is 2.81 bits per heavy atom. The number of rotatable bonds is 5. The second kappa shape index (κ2) is 7.61. The first-order chi connectivity index (χ1) is 12.9. The van der Waals surface area contributed by atoms with E-state index in [0.717, 1.165) is 0 Å². The second-order valence-electron chi connectivity index (χ2n) is 6.40. The van der Waals surface area contributed by atoms with Gasteiger partial charge in [0.1, 0.15) is 24.0 Å². The molecule has 0 saturated carbocycles. The Hall–Kier alpha value is -3.16. The quantitative estimate of drug-likeness (QED) is 0.836. The number of piperidine rings is 1. The van der Waals surface area contributed by atoms with E-state index in [1.807, 2.05) is 0 Å². The standard InChI is InChI=1S/C19H19FN2O5/c1-11-10-27-15(9-16(23)24)17(11)18(25)21-13-6-4-8-22(19(13)26)14-7-3-2-5-12(14)20/h2-3,5,7,10,13H,4,6,8-9H2,1H3,(H,21,25)(H,23,24). The third kappa shape index (κ3) is 3.84. The van der Waals surface area contributed by atoms with E-state index in [1.165, 1.54) is 29.4 Å². The zero-order valence-electron chi connectivity index (χ0n) is 14.7. The monoisotopic (exact) mass is 374 g/mol. The Bertz CT molecular complexity index is 892. The lowest BCUT2D eigenvalue weighted by atomic mass is 10.0. The number of amides is 2. The van der Waals surface area contributed by atoms with Gasteiger partial charge in [-0.05, 0) is 31.9 Å². The summed E-state index contributed by atoms with van der Waals surface area (Å²) in [5.74, 6) is -2.58. The average Bonchev–Trinajstić information content (AvgIpc) is 2.97. The normalized spacial score (nSPS) is 17.0. The summed E-state index contributed by atoms with van der Waals surface area (Å²) in [7, 11) is 0. The van der Waals surface area contributed by atoms with Gasteiger partial charge in [-0.25, -0.2) is 4.39 Å². The minimum absolute atomic E-state index is 0.0340. The Morgan fingerprint density at radius 1 is 1.37 bits per heavy atom. The number of para-hydroxylation sites is 1. The van der Waals surface area contributed by atoms with Crippen LogP contribution in [0, 0.1) is 12.7 Å². The lowest BCUT2D eigenvalue weighted by molar-refractivity contribution is -0.136. The highest BCUT2D eigenvalue weighted by Gasteiger charge is 2.33. The average molecular weight is 374 g/mol. The largest absolute Gasteiger partial charge is 0.481 e. The lowest BCUT2D eigenvalue weighted by Crippen LogP contribution is -2.52. The maximum Gasteiger partial charge on any atom is 0.311 e. The molecule has 1 unspecified atom stereocenters. The van der Waals surface area contributed by atoms with Crippen molar-refractivity contribution in [2.45, 2.75) is 32.2 Å². The molecule has 1 aliphatic rings. The van der Waals surface area contributed by atoms with E-state index in [0.29, 0.717) is 24.9 Å². The molecule has 142 valence electrons. The van der Waals surface area contributed by atoms with Crippen molar-refractivity contribution in [3.63, 3.8) is 0 Å². The molecule has 0 spiro atoms. The van der Waals surface area contributed by atoms with Gasteiger partial charge in [-0.1, -0.05) is 12.1 Å². The molecular weight excluding hydrogens is 355 g/mol. The van der Waals surface area contributed by atoms with Crippen LogP contribution in [0.4, 0.5) is 10.1 Å². The molecule has 0 aliphatic carbocycles. The molecule has 2 heterocycles. The molecule has 3 rings (SSSR count). The summed E-state index contributed by atoms with van der Waals surface area (Å²) >= 11 is 0. The van der Waals surface area contributed by atoms with Crippen LogP contribution in [0.3, 0.4) is 0 Å².